The maximum Gasteiger partial charge on any atom is 0.0827 e. The van der Waals surface area contributed by atoms with Crippen LogP contribution in [-0.4, -0.2) is 6.61 Å². The third-order valence-electron chi connectivity index (χ3n) is 4.30. The Kier molecular flexibility index (Phi) is 4.69. The molecule has 21 heavy (non-hydrogen) atoms. The Labute approximate surface area is 126 Å². The third-order valence-corrected chi connectivity index (χ3v) is 4.30. The second-order valence-corrected chi connectivity index (χ2v) is 5.76. The van der Waals surface area contributed by atoms with Crippen molar-refractivity contribution in [1.82, 2.24) is 0 Å². The van der Waals surface area contributed by atoms with E-state index in [1.54, 1.807) is 0 Å². The van der Waals surface area contributed by atoms with Gasteiger partial charge in [0.2, 0.25) is 0 Å². The molecule has 2 aromatic carbocycles. The van der Waals surface area contributed by atoms with Gasteiger partial charge in [0.25, 0.3) is 0 Å². The molecule has 0 saturated heterocycles. The van der Waals surface area contributed by atoms with Gasteiger partial charge in [-0.05, 0) is 42.4 Å². The van der Waals surface area contributed by atoms with Crippen LogP contribution in [0.5, 0.6) is 0 Å². The van der Waals surface area contributed by atoms with Crippen molar-refractivity contribution in [3.8, 4) is 0 Å². The molecule has 0 fully saturated rings. The maximum atomic E-state index is 6.26. The molecule has 0 aliphatic carbocycles. The summed E-state index contributed by atoms with van der Waals surface area (Å²) in [5, 5.41) is 0. The van der Waals surface area contributed by atoms with Gasteiger partial charge in [-0.1, -0.05) is 54.6 Å². The summed E-state index contributed by atoms with van der Waals surface area (Å²) in [5.74, 6) is 0. The van der Waals surface area contributed by atoms with Crippen LogP contribution in [0.25, 0.3) is 0 Å². The van der Waals surface area contributed by atoms with E-state index < -0.39 is 0 Å². The van der Waals surface area contributed by atoms with Gasteiger partial charge in [-0.3, -0.25) is 0 Å². The summed E-state index contributed by atoms with van der Waals surface area (Å²) in [6.45, 7) is 0.840. The first kappa shape index (κ1) is 14.3. The van der Waals surface area contributed by atoms with Crippen LogP contribution in [0.1, 0.15) is 48.1 Å². The molecule has 0 aromatic heterocycles. The Morgan fingerprint density at radius 3 is 2.67 bits per heavy atom. The van der Waals surface area contributed by atoms with E-state index in [4.69, 9.17) is 10.5 Å². The first-order valence-electron chi connectivity index (χ1n) is 7.84. The van der Waals surface area contributed by atoms with E-state index in [1.165, 1.54) is 16.7 Å². The smallest absolute Gasteiger partial charge is 0.0827 e. The predicted molar refractivity (Wildman–Crippen MR) is 86.1 cm³/mol. The normalized spacial score (nSPS) is 19.0. The molecule has 1 aliphatic heterocycles. The average molecular weight is 281 g/mol. The zero-order chi connectivity index (χ0) is 14.5. The van der Waals surface area contributed by atoms with Gasteiger partial charge in [-0.15, -0.1) is 0 Å². The van der Waals surface area contributed by atoms with Gasteiger partial charge >= 0.3 is 0 Å². The molecule has 110 valence electrons. The van der Waals surface area contributed by atoms with Crippen LogP contribution in [0, 0.1) is 0 Å². The molecule has 2 aromatic rings. The fourth-order valence-corrected chi connectivity index (χ4v) is 3.11. The Morgan fingerprint density at radius 1 is 1.05 bits per heavy atom. The number of ether oxygens (including phenoxy) is 1. The van der Waals surface area contributed by atoms with Gasteiger partial charge in [-0.25, -0.2) is 0 Å². The quantitative estimate of drug-likeness (QED) is 0.892. The molecule has 2 atom stereocenters. The van der Waals surface area contributed by atoms with Crippen LogP contribution >= 0.6 is 0 Å². The Morgan fingerprint density at radius 2 is 1.81 bits per heavy atom. The van der Waals surface area contributed by atoms with Crippen LogP contribution in [-0.2, 0) is 11.2 Å². The lowest BCUT2D eigenvalue weighted by atomic mass is 9.93. The van der Waals surface area contributed by atoms with Crippen LogP contribution in [0.3, 0.4) is 0 Å². The first-order chi connectivity index (χ1) is 10.3. The van der Waals surface area contributed by atoms with Gasteiger partial charge in [0.05, 0.1) is 12.7 Å². The van der Waals surface area contributed by atoms with E-state index >= 15 is 0 Å². The van der Waals surface area contributed by atoms with E-state index in [2.05, 4.69) is 48.5 Å². The van der Waals surface area contributed by atoms with Gasteiger partial charge in [0.1, 0.15) is 0 Å². The number of fused-ring (bicyclic) bond motifs is 1. The number of rotatable bonds is 5. The minimum Gasteiger partial charge on any atom is -0.373 e. The Hall–Kier alpha value is -1.64. The summed E-state index contributed by atoms with van der Waals surface area (Å²) in [4.78, 5) is 0. The average Bonchev–Trinajstić information content (AvgIpc) is 2.56. The third kappa shape index (κ3) is 3.52. The second-order valence-electron chi connectivity index (χ2n) is 5.76. The molecule has 0 bridgehead atoms. The van der Waals surface area contributed by atoms with Crippen molar-refractivity contribution in [2.24, 2.45) is 5.73 Å². The van der Waals surface area contributed by atoms with Crippen LogP contribution in [0.2, 0.25) is 0 Å². The monoisotopic (exact) mass is 281 g/mol. The van der Waals surface area contributed by atoms with Crippen LogP contribution in [0.4, 0.5) is 0 Å². The molecule has 0 amide bonds. The fourth-order valence-electron chi connectivity index (χ4n) is 3.11. The lowest BCUT2D eigenvalue weighted by Crippen LogP contribution is -2.17. The standard InChI is InChI=1S/C19H23NO/c20-18(16-8-2-1-3-9-16)11-6-12-19-17-10-5-4-7-15(17)13-14-21-19/h1-5,7-10,18-19H,6,11-14,20H2. The molecule has 2 N–H and O–H groups in total. The minimum absolute atomic E-state index is 0.130. The molecule has 2 nitrogen and oxygen atoms in total. The fraction of sp³-hybridized carbons (Fsp3) is 0.368. The summed E-state index contributed by atoms with van der Waals surface area (Å²) in [6, 6.07) is 19.1. The molecule has 3 rings (SSSR count). The van der Waals surface area contributed by atoms with Crippen molar-refractivity contribution in [1.29, 1.82) is 0 Å². The first-order valence-corrected chi connectivity index (χ1v) is 7.84. The molecule has 0 spiro atoms. The highest BCUT2D eigenvalue weighted by atomic mass is 16.5. The minimum atomic E-state index is 0.130. The van der Waals surface area contributed by atoms with E-state index in [9.17, 15) is 0 Å². The summed E-state index contributed by atoms with van der Waals surface area (Å²) >= 11 is 0. The zero-order valence-electron chi connectivity index (χ0n) is 12.4. The topological polar surface area (TPSA) is 35.2 Å². The predicted octanol–water partition coefficient (Wildman–Crippen LogP) is 4.17. The summed E-state index contributed by atoms with van der Waals surface area (Å²) in [7, 11) is 0. The van der Waals surface area contributed by atoms with Crippen molar-refractivity contribution in [3.05, 3.63) is 71.3 Å². The van der Waals surface area contributed by atoms with Crippen molar-refractivity contribution in [2.75, 3.05) is 6.61 Å². The van der Waals surface area contributed by atoms with Crippen molar-refractivity contribution < 1.29 is 4.74 Å². The lowest BCUT2D eigenvalue weighted by Gasteiger charge is -2.26. The Bertz CT molecular complexity index is 567. The molecule has 1 heterocycles. The largest absolute Gasteiger partial charge is 0.373 e. The molecular weight excluding hydrogens is 258 g/mol. The van der Waals surface area contributed by atoms with E-state index in [1.807, 2.05) is 6.07 Å². The summed E-state index contributed by atoms with van der Waals surface area (Å²) < 4.78 is 5.95. The summed E-state index contributed by atoms with van der Waals surface area (Å²) in [6.07, 6.45) is 4.44. The van der Waals surface area contributed by atoms with E-state index in [0.717, 1.165) is 32.3 Å². The Balaban J connectivity index is 1.55. The van der Waals surface area contributed by atoms with Gasteiger partial charge in [0.15, 0.2) is 0 Å². The molecule has 1 aliphatic rings. The van der Waals surface area contributed by atoms with Crippen LogP contribution < -0.4 is 5.73 Å². The second kappa shape index (κ2) is 6.88. The van der Waals surface area contributed by atoms with Gasteiger partial charge in [-0.2, -0.15) is 0 Å². The zero-order valence-corrected chi connectivity index (χ0v) is 12.4. The van der Waals surface area contributed by atoms with Crippen LogP contribution in [0.15, 0.2) is 54.6 Å². The highest BCUT2D eigenvalue weighted by molar-refractivity contribution is 5.30. The number of nitrogens with two attached hydrogens (primary N) is 1. The summed E-state index contributed by atoms with van der Waals surface area (Å²) in [5.41, 5.74) is 10.3. The highest BCUT2D eigenvalue weighted by Gasteiger charge is 2.20. The maximum absolute atomic E-state index is 6.26. The van der Waals surface area contributed by atoms with Crippen molar-refractivity contribution >= 4 is 0 Å². The van der Waals surface area contributed by atoms with Gasteiger partial charge < -0.3 is 10.5 Å². The molecular formula is C19H23NO. The molecule has 2 heteroatoms. The SMILES string of the molecule is NC(CCCC1OCCc2ccccc21)c1ccccc1. The number of benzene rings is 2. The van der Waals surface area contributed by atoms with E-state index in [-0.39, 0.29) is 12.1 Å². The number of hydrogen-bond donors (Lipinski definition) is 1. The molecule has 0 saturated carbocycles. The van der Waals surface area contributed by atoms with Crippen molar-refractivity contribution in [3.63, 3.8) is 0 Å². The highest BCUT2D eigenvalue weighted by Crippen LogP contribution is 2.31. The van der Waals surface area contributed by atoms with Gasteiger partial charge in [0, 0.05) is 6.04 Å². The number of hydrogen-bond acceptors (Lipinski definition) is 2. The molecule has 0 radical (unpaired) electrons. The molecule has 2 unspecified atom stereocenters. The van der Waals surface area contributed by atoms with E-state index in [0.29, 0.717) is 0 Å². The van der Waals surface area contributed by atoms with Crippen molar-refractivity contribution in [2.45, 2.75) is 37.8 Å². The lowest BCUT2D eigenvalue weighted by molar-refractivity contribution is 0.0346.